The molecular weight excluding hydrogens is 342 g/mol. The van der Waals surface area contributed by atoms with Crippen molar-refractivity contribution >= 4 is 33.6 Å². The SMILES string of the molecule is CCOc1ccc(-c2nc3c(c4c2[nH]c2ccccc24)C(=O)NC3=O)cc1. The van der Waals surface area contributed by atoms with Crippen molar-refractivity contribution in [1.29, 1.82) is 0 Å². The number of aromatic amines is 1. The van der Waals surface area contributed by atoms with E-state index in [1.165, 1.54) is 0 Å². The Morgan fingerprint density at radius 1 is 0.963 bits per heavy atom. The van der Waals surface area contributed by atoms with Crippen LogP contribution in [-0.2, 0) is 0 Å². The molecule has 4 aromatic rings. The van der Waals surface area contributed by atoms with Gasteiger partial charge < -0.3 is 9.72 Å². The average Bonchev–Trinajstić information content (AvgIpc) is 3.19. The quantitative estimate of drug-likeness (QED) is 0.548. The van der Waals surface area contributed by atoms with Gasteiger partial charge in [-0.3, -0.25) is 14.9 Å². The molecule has 1 aliphatic rings. The van der Waals surface area contributed by atoms with Gasteiger partial charge in [0.15, 0.2) is 0 Å². The molecular formula is C21H15N3O3. The highest BCUT2D eigenvalue weighted by molar-refractivity contribution is 6.30. The first-order valence-corrected chi connectivity index (χ1v) is 8.70. The second kappa shape index (κ2) is 5.67. The fourth-order valence-corrected chi connectivity index (χ4v) is 3.62. The van der Waals surface area contributed by atoms with Gasteiger partial charge in [-0.25, -0.2) is 4.98 Å². The molecule has 0 spiro atoms. The molecule has 1 aliphatic heterocycles. The van der Waals surface area contributed by atoms with Crippen molar-refractivity contribution in [2.75, 3.05) is 6.61 Å². The predicted octanol–water partition coefficient (Wildman–Crippen LogP) is 3.67. The summed E-state index contributed by atoms with van der Waals surface area (Å²) in [5.41, 5.74) is 3.60. The maximum Gasteiger partial charge on any atom is 0.277 e. The number of amides is 2. The van der Waals surface area contributed by atoms with Crippen molar-refractivity contribution in [1.82, 2.24) is 15.3 Å². The summed E-state index contributed by atoms with van der Waals surface area (Å²) in [4.78, 5) is 32.6. The number of H-pyrrole nitrogens is 1. The number of hydrogen-bond donors (Lipinski definition) is 2. The van der Waals surface area contributed by atoms with Crippen LogP contribution in [0.25, 0.3) is 33.1 Å². The third-order valence-corrected chi connectivity index (χ3v) is 4.76. The summed E-state index contributed by atoms with van der Waals surface area (Å²) in [7, 11) is 0. The fourth-order valence-electron chi connectivity index (χ4n) is 3.62. The molecule has 0 aliphatic carbocycles. The lowest BCUT2D eigenvalue weighted by Gasteiger charge is -2.08. The molecule has 6 heteroatoms. The van der Waals surface area contributed by atoms with Gasteiger partial charge >= 0.3 is 0 Å². The van der Waals surface area contributed by atoms with Gasteiger partial charge in [-0.05, 0) is 37.3 Å². The standard InChI is InChI=1S/C21H15N3O3/c1-2-27-12-9-7-11(8-10-12)17-18-15(13-5-3-4-6-14(13)22-18)16-19(23-17)21(26)24-20(16)25/h3-10,22H,2H2,1H3,(H,24,25,26). The van der Waals surface area contributed by atoms with E-state index < -0.39 is 11.8 Å². The van der Waals surface area contributed by atoms with Crippen LogP contribution in [0.5, 0.6) is 5.75 Å². The maximum absolute atomic E-state index is 12.4. The number of pyridine rings is 1. The molecule has 0 saturated carbocycles. The minimum atomic E-state index is -0.464. The molecule has 6 nitrogen and oxygen atoms in total. The molecule has 2 aromatic heterocycles. The number of imide groups is 1. The Morgan fingerprint density at radius 3 is 2.52 bits per heavy atom. The van der Waals surface area contributed by atoms with Gasteiger partial charge in [0, 0.05) is 21.9 Å². The smallest absolute Gasteiger partial charge is 0.277 e. The minimum Gasteiger partial charge on any atom is -0.494 e. The third kappa shape index (κ3) is 2.23. The topological polar surface area (TPSA) is 84.1 Å². The molecule has 2 aromatic carbocycles. The van der Waals surface area contributed by atoms with Crippen LogP contribution in [0, 0.1) is 0 Å². The Kier molecular flexibility index (Phi) is 3.27. The van der Waals surface area contributed by atoms with Crippen LogP contribution in [0.1, 0.15) is 27.8 Å². The number of aromatic nitrogens is 2. The van der Waals surface area contributed by atoms with Crippen molar-refractivity contribution in [3.63, 3.8) is 0 Å². The van der Waals surface area contributed by atoms with Crippen molar-refractivity contribution in [2.45, 2.75) is 6.92 Å². The zero-order valence-electron chi connectivity index (χ0n) is 14.5. The molecule has 27 heavy (non-hydrogen) atoms. The third-order valence-electron chi connectivity index (χ3n) is 4.76. The van der Waals surface area contributed by atoms with Crippen LogP contribution >= 0.6 is 0 Å². The van der Waals surface area contributed by atoms with E-state index >= 15 is 0 Å². The Hall–Kier alpha value is -3.67. The van der Waals surface area contributed by atoms with Crippen LogP contribution in [0.2, 0.25) is 0 Å². The minimum absolute atomic E-state index is 0.168. The van der Waals surface area contributed by atoms with E-state index in [1.54, 1.807) is 0 Å². The summed E-state index contributed by atoms with van der Waals surface area (Å²) < 4.78 is 5.50. The van der Waals surface area contributed by atoms with E-state index in [1.807, 2.05) is 55.5 Å². The zero-order chi connectivity index (χ0) is 18.5. The zero-order valence-corrected chi connectivity index (χ0v) is 14.5. The summed E-state index contributed by atoms with van der Waals surface area (Å²) in [5, 5.41) is 3.98. The lowest BCUT2D eigenvalue weighted by Crippen LogP contribution is -2.20. The highest BCUT2D eigenvalue weighted by Gasteiger charge is 2.33. The number of para-hydroxylation sites is 1. The molecule has 0 bridgehead atoms. The molecule has 0 fully saturated rings. The van der Waals surface area contributed by atoms with Crippen LogP contribution in [0.3, 0.4) is 0 Å². The summed E-state index contributed by atoms with van der Waals surface area (Å²) in [6, 6.07) is 15.3. The van der Waals surface area contributed by atoms with Crippen molar-refractivity contribution in [3.8, 4) is 17.0 Å². The van der Waals surface area contributed by atoms with Crippen LogP contribution < -0.4 is 10.1 Å². The van der Waals surface area contributed by atoms with Crippen LogP contribution in [-0.4, -0.2) is 28.4 Å². The molecule has 0 unspecified atom stereocenters. The number of nitrogens with zero attached hydrogens (tertiary/aromatic N) is 1. The second-order valence-electron chi connectivity index (χ2n) is 6.35. The maximum atomic E-state index is 12.4. The van der Waals surface area contributed by atoms with Crippen LogP contribution in [0.4, 0.5) is 0 Å². The number of carbonyl (C=O) groups excluding carboxylic acids is 2. The van der Waals surface area contributed by atoms with Gasteiger partial charge in [0.05, 0.1) is 23.4 Å². The monoisotopic (exact) mass is 357 g/mol. The average molecular weight is 357 g/mol. The van der Waals surface area contributed by atoms with Gasteiger partial charge in [0.25, 0.3) is 11.8 Å². The highest BCUT2D eigenvalue weighted by atomic mass is 16.5. The number of nitrogens with one attached hydrogen (secondary N) is 2. The number of fused-ring (bicyclic) bond motifs is 5. The summed E-state index contributed by atoms with van der Waals surface area (Å²) in [6.45, 7) is 2.52. The Bertz CT molecular complexity index is 1240. The van der Waals surface area contributed by atoms with E-state index in [0.29, 0.717) is 17.9 Å². The Labute approximate surface area is 154 Å². The first-order valence-electron chi connectivity index (χ1n) is 8.70. The lowest BCUT2D eigenvalue weighted by molar-refractivity contribution is 0.0878. The molecule has 0 saturated heterocycles. The summed E-state index contributed by atoms with van der Waals surface area (Å²) >= 11 is 0. The number of carbonyl (C=O) groups is 2. The Morgan fingerprint density at radius 2 is 1.74 bits per heavy atom. The molecule has 2 N–H and O–H groups in total. The number of hydrogen-bond acceptors (Lipinski definition) is 4. The van der Waals surface area contributed by atoms with E-state index in [4.69, 9.17) is 4.74 Å². The van der Waals surface area contributed by atoms with Gasteiger partial charge in [0.1, 0.15) is 11.4 Å². The first-order chi connectivity index (χ1) is 13.2. The number of benzene rings is 2. The van der Waals surface area contributed by atoms with E-state index in [2.05, 4.69) is 15.3 Å². The summed E-state index contributed by atoms with van der Waals surface area (Å²) in [6.07, 6.45) is 0. The molecule has 0 radical (unpaired) electrons. The molecule has 3 heterocycles. The van der Waals surface area contributed by atoms with Crippen LogP contribution in [0.15, 0.2) is 48.5 Å². The van der Waals surface area contributed by atoms with Gasteiger partial charge in [-0.15, -0.1) is 0 Å². The van der Waals surface area contributed by atoms with Gasteiger partial charge in [-0.2, -0.15) is 0 Å². The predicted molar refractivity (Wildman–Crippen MR) is 102 cm³/mol. The Balaban J connectivity index is 1.85. The lowest BCUT2D eigenvalue weighted by atomic mass is 10.0. The molecule has 2 amide bonds. The van der Waals surface area contributed by atoms with E-state index in [0.717, 1.165) is 33.1 Å². The molecule has 0 atom stereocenters. The number of ether oxygens (including phenoxy) is 1. The largest absolute Gasteiger partial charge is 0.494 e. The molecule has 132 valence electrons. The van der Waals surface area contributed by atoms with Gasteiger partial charge in [-0.1, -0.05) is 18.2 Å². The first kappa shape index (κ1) is 15.6. The number of rotatable bonds is 3. The second-order valence-corrected chi connectivity index (χ2v) is 6.35. The highest BCUT2D eigenvalue weighted by Crippen LogP contribution is 2.37. The fraction of sp³-hybridized carbons (Fsp3) is 0.0952. The van der Waals surface area contributed by atoms with Gasteiger partial charge in [0.2, 0.25) is 0 Å². The molecule has 5 rings (SSSR count). The van der Waals surface area contributed by atoms with Crippen molar-refractivity contribution in [3.05, 3.63) is 59.8 Å². The van der Waals surface area contributed by atoms with Crippen molar-refractivity contribution < 1.29 is 14.3 Å². The van der Waals surface area contributed by atoms with Crippen molar-refractivity contribution in [2.24, 2.45) is 0 Å². The van der Waals surface area contributed by atoms with E-state index in [9.17, 15) is 9.59 Å². The normalized spacial score (nSPS) is 13.2. The van der Waals surface area contributed by atoms with E-state index in [-0.39, 0.29) is 5.69 Å². The summed E-state index contributed by atoms with van der Waals surface area (Å²) in [5.74, 6) is -0.104.